The lowest BCUT2D eigenvalue weighted by Crippen LogP contribution is -2.54. The van der Waals surface area contributed by atoms with Gasteiger partial charge in [0.1, 0.15) is 12.4 Å². The number of aliphatic hydroxyl groups is 1. The van der Waals surface area contributed by atoms with Gasteiger partial charge in [-0.1, -0.05) is 66.7 Å². The van der Waals surface area contributed by atoms with Crippen molar-refractivity contribution in [3.63, 3.8) is 0 Å². The monoisotopic (exact) mass is 425 g/mol. The van der Waals surface area contributed by atoms with Crippen LogP contribution in [-0.2, 0) is 12.2 Å². The average Bonchev–Trinajstić information content (AvgIpc) is 2.71. The van der Waals surface area contributed by atoms with E-state index in [1.165, 1.54) is 0 Å². The van der Waals surface area contributed by atoms with Crippen LogP contribution in [0.3, 0.4) is 0 Å². The SMILES string of the molecule is OC(c1ccc[c]c1OCc1cccc(-c2ccccc2)c1)(C(F)(F)F)C(F)(F)F. The Hall–Kier alpha value is -3.00. The third-order valence-electron chi connectivity index (χ3n) is 4.45. The third-order valence-corrected chi connectivity index (χ3v) is 4.45. The van der Waals surface area contributed by atoms with E-state index >= 15 is 0 Å². The largest absolute Gasteiger partial charge is 0.488 e. The number of rotatable bonds is 5. The van der Waals surface area contributed by atoms with E-state index < -0.39 is 29.3 Å². The summed E-state index contributed by atoms with van der Waals surface area (Å²) in [4.78, 5) is 0. The second-order valence-electron chi connectivity index (χ2n) is 6.47. The van der Waals surface area contributed by atoms with Crippen LogP contribution < -0.4 is 4.74 Å². The lowest BCUT2D eigenvalue weighted by Gasteiger charge is -2.33. The molecule has 0 bridgehead atoms. The molecule has 0 aromatic heterocycles. The zero-order valence-corrected chi connectivity index (χ0v) is 15.3. The zero-order valence-electron chi connectivity index (χ0n) is 15.3. The zero-order chi connectivity index (χ0) is 22.0. The summed E-state index contributed by atoms with van der Waals surface area (Å²) < 4.78 is 84.6. The lowest BCUT2D eigenvalue weighted by molar-refractivity contribution is -0.376. The molecule has 8 heteroatoms. The predicted molar refractivity (Wildman–Crippen MR) is 97.5 cm³/mol. The van der Waals surface area contributed by atoms with Gasteiger partial charge < -0.3 is 9.84 Å². The highest BCUT2D eigenvalue weighted by Gasteiger charge is 2.72. The molecule has 0 fully saturated rings. The molecule has 1 N–H and O–H groups in total. The molecule has 0 aliphatic carbocycles. The number of hydrogen-bond acceptors (Lipinski definition) is 2. The van der Waals surface area contributed by atoms with E-state index in [2.05, 4.69) is 6.07 Å². The summed E-state index contributed by atoms with van der Waals surface area (Å²) in [5, 5.41) is 9.68. The molecule has 0 heterocycles. The number of ether oxygens (including phenoxy) is 1. The maximum absolute atomic E-state index is 13.2. The van der Waals surface area contributed by atoms with Gasteiger partial charge in [-0.05, 0) is 22.8 Å². The summed E-state index contributed by atoms with van der Waals surface area (Å²) in [6.45, 7) is -0.319. The maximum Gasteiger partial charge on any atom is 0.430 e. The second-order valence-corrected chi connectivity index (χ2v) is 6.47. The molecular weight excluding hydrogens is 410 g/mol. The van der Waals surface area contributed by atoms with Gasteiger partial charge in [0, 0.05) is 11.6 Å². The van der Waals surface area contributed by atoms with Crippen LogP contribution in [0.15, 0.2) is 72.8 Å². The number of benzene rings is 3. The first-order valence-corrected chi connectivity index (χ1v) is 8.68. The lowest BCUT2D eigenvalue weighted by atomic mass is 9.91. The predicted octanol–water partition coefficient (Wildman–Crippen LogP) is 6.04. The van der Waals surface area contributed by atoms with Crippen molar-refractivity contribution in [3.05, 3.63) is 90.0 Å². The molecular formula is C22H15F6O2. The van der Waals surface area contributed by atoms with Crippen LogP contribution in [0.4, 0.5) is 26.3 Å². The molecule has 1 radical (unpaired) electrons. The van der Waals surface area contributed by atoms with Gasteiger partial charge in [0.05, 0.1) is 0 Å². The fraction of sp³-hybridized carbons (Fsp3) is 0.182. The fourth-order valence-corrected chi connectivity index (χ4v) is 2.92. The molecule has 0 amide bonds. The van der Waals surface area contributed by atoms with Crippen LogP contribution >= 0.6 is 0 Å². The van der Waals surface area contributed by atoms with Gasteiger partial charge in [0.2, 0.25) is 0 Å². The van der Waals surface area contributed by atoms with Crippen molar-refractivity contribution < 1.29 is 36.2 Å². The van der Waals surface area contributed by atoms with Crippen molar-refractivity contribution in [2.45, 2.75) is 24.6 Å². The van der Waals surface area contributed by atoms with Gasteiger partial charge in [0.25, 0.3) is 5.60 Å². The van der Waals surface area contributed by atoms with Crippen LogP contribution in [-0.4, -0.2) is 17.5 Å². The van der Waals surface area contributed by atoms with E-state index in [1.54, 1.807) is 18.2 Å². The summed E-state index contributed by atoms with van der Waals surface area (Å²) in [6.07, 6.45) is -12.0. The van der Waals surface area contributed by atoms with Crippen molar-refractivity contribution >= 4 is 0 Å². The van der Waals surface area contributed by atoms with Gasteiger partial charge in [-0.3, -0.25) is 0 Å². The quantitative estimate of drug-likeness (QED) is 0.505. The Kier molecular flexibility index (Phi) is 5.81. The van der Waals surface area contributed by atoms with Gasteiger partial charge in [-0.2, -0.15) is 26.3 Å². The number of hydrogen-bond donors (Lipinski definition) is 1. The van der Waals surface area contributed by atoms with Gasteiger partial charge in [-0.15, -0.1) is 0 Å². The normalized spacial score (nSPS) is 12.6. The van der Waals surface area contributed by atoms with E-state index in [0.29, 0.717) is 11.6 Å². The number of para-hydroxylation sites is 1. The van der Waals surface area contributed by atoms with Crippen molar-refractivity contribution in [3.8, 4) is 16.9 Å². The molecule has 30 heavy (non-hydrogen) atoms. The third kappa shape index (κ3) is 4.14. The molecule has 0 saturated heterocycles. The molecule has 0 aliphatic rings. The summed E-state index contributed by atoms with van der Waals surface area (Å²) in [5.74, 6) is -0.834. The minimum absolute atomic E-state index is 0.319. The van der Waals surface area contributed by atoms with Crippen molar-refractivity contribution in [2.24, 2.45) is 0 Å². The molecule has 0 saturated carbocycles. The first-order valence-electron chi connectivity index (χ1n) is 8.68. The Bertz CT molecular complexity index is 982. The summed E-state index contributed by atoms with van der Waals surface area (Å²) in [5.41, 5.74) is -4.35. The van der Waals surface area contributed by atoms with Gasteiger partial charge >= 0.3 is 12.4 Å². The van der Waals surface area contributed by atoms with Gasteiger partial charge in [-0.25, -0.2) is 0 Å². The van der Waals surface area contributed by atoms with E-state index in [1.807, 2.05) is 36.4 Å². The van der Waals surface area contributed by atoms with E-state index in [0.717, 1.165) is 23.3 Å². The molecule has 0 atom stereocenters. The molecule has 0 unspecified atom stereocenters. The Balaban J connectivity index is 1.92. The molecule has 0 aliphatic heterocycles. The Labute approximate surface area is 168 Å². The molecule has 157 valence electrons. The summed E-state index contributed by atoms with van der Waals surface area (Å²) in [7, 11) is 0. The number of halogens is 6. The van der Waals surface area contributed by atoms with Gasteiger partial charge in [0.15, 0.2) is 0 Å². The molecule has 3 aromatic carbocycles. The van der Waals surface area contributed by atoms with Crippen LogP contribution in [0, 0.1) is 6.07 Å². The van der Waals surface area contributed by atoms with E-state index in [4.69, 9.17) is 4.74 Å². The van der Waals surface area contributed by atoms with Crippen LogP contribution in [0.5, 0.6) is 5.75 Å². The van der Waals surface area contributed by atoms with Crippen LogP contribution in [0.1, 0.15) is 11.1 Å². The van der Waals surface area contributed by atoms with E-state index in [-0.39, 0.29) is 6.61 Å². The highest BCUT2D eigenvalue weighted by Crippen LogP contribution is 2.52. The Morgan fingerprint density at radius 2 is 1.40 bits per heavy atom. The fourth-order valence-electron chi connectivity index (χ4n) is 2.92. The highest BCUT2D eigenvalue weighted by molar-refractivity contribution is 5.63. The first kappa shape index (κ1) is 21.7. The Morgan fingerprint density at radius 3 is 2.03 bits per heavy atom. The average molecular weight is 425 g/mol. The molecule has 2 nitrogen and oxygen atoms in total. The molecule has 0 spiro atoms. The molecule has 3 rings (SSSR count). The molecule has 3 aromatic rings. The van der Waals surface area contributed by atoms with Crippen LogP contribution in [0.25, 0.3) is 11.1 Å². The minimum atomic E-state index is -6.01. The van der Waals surface area contributed by atoms with E-state index in [9.17, 15) is 31.4 Å². The minimum Gasteiger partial charge on any atom is -0.488 e. The van der Waals surface area contributed by atoms with Crippen molar-refractivity contribution in [2.75, 3.05) is 0 Å². The second kappa shape index (κ2) is 8.02. The first-order chi connectivity index (χ1) is 14.0. The summed E-state index contributed by atoms with van der Waals surface area (Å²) in [6, 6.07) is 20.8. The highest BCUT2D eigenvalue weighted by atomic mass is 19.4. The summed E-state index contributed by atoms with van der Waals surface area (Å²) >= 11 is 0. The maximum atomic E-state index is 13.2. The number of alkyl halides is 6. The van der Waals surface area contributed by atoms with Crippen LogP contribution in [0.2, 0.25) is 0 Å². The standard InChI is InChI=1S/C22H15F6O2/c23-21(24,25)20(29,22(26,27)28)18-11-4-5-12-19(18)30-14-15-7-6-10-17(13-15)16-8-2-1-3-9-16/h1-11,13,29H,14H2. The smallest absolute Gasteiger partial charge is 0.430 e. The van der Waals surface area contributed by atoms with Crippen molar-refractivity contribution in [1.29, 1.82) is 0 Å². The Morgan fingerprint density at radius 1 is 0.767 bits per heavy atom. The topological polar surface area (TPSA) is 29.5 Å². The van der Waals surface area contributed by atoms with Crippen molar-refractivity contribution in [1.82, 2.24) is 0 Å².